The first-order valence-corrected chi connectivity index (χ1v) is 4.21. The molecule has 1 heterocycles. The molecule has 0 aromatic carbocycles. The van der Waals surface area contributed by atoms with Crippen LogP contribution in [0.5, 0.6) is 0 Å². The van der Waals surface area contributed by atoms with Crippen LogP contribution in [-0.2, 0) is 6.18 Å². The largest absolute Gasteiger partial charge is 0.476 e. The van der Waals surface area contributed by atoms with Crippen molar-refractivity contribution in [3.05, 3.63) is 28.6 Å². The third-order valence-electron chi connectivity index (χ3n) is 1.94. The van der Waals surface area contributed by atoms with Gasteiger partial charge in [-0.15, -0.1) is 0 Å². The van der Waals surface area contributed by atoms with E-state index in [2.05, 4.69) is 4.98 Å². The lowest BCUT2D eigenvalue weighted by atomic mass is 10.0. The average molecular weight is 266 g/mol. The van der Waals surface area contributed by atoms with E-state index < -0.39 is 41.0 Å². The fourth-order valence-corrected chi connectivity index (χ4v) is 1.25. The molecular formula is C9H3F5N2O2. The lowest BCUT2D eigenvalue weighted by Gasteiger charge is -2.13. The van der Waals surface area contributed by atoms with Crippen molar-refractivity contribution in [2.24, 2.45) is 0 Å². The minimum atomic E-state index is -5.27. The van der Waals surface area contributed by atoms with Gasteiger partial charge in [-0.05, 0) is 0 Å². The van der Waals surface area contributed by atoms with Gasteiger partial charge in [-0.3, -0.25) is 0 Å². The van der Waals surface area contributed by atoms with E-state index in [1.165, 1.54) is 0 Å². The van der Waals surface area contributed by atoms with Crippen LogP contribution in [0.1, 0.15) is 33.6 Å². The average Bonchev–Trinajstić information content (AvgIpc) is 2.25. The molecule has 18 heavy (non-hydrogen) atoms. The molecule has 1 N–H and O–H groups in total. The number of nitriles is 1. The summed E-state index contributed by atoms with van der Waals surface area (Å²) in [5.74, 6) is -2.06. The van der Waals surface area contributed by atoms with E-state index in [0.717, 1.165) is 6.07 Å². The van der Waals surface area contributed by atoms with E-state index >= 15 is 0 Å². The van der Waals surface area contributed by atoms with Crippen molar-refractivity contribution in [3.8, 4) is 6.07 Å². The van der Waals surface area contributed by atoms with Gasteiger partial charge in [0.15, 0.2) is 5.69 Å². The molecule has 96 valence electrons. The number of carboxylic acid groups (broad SMARTS) is 1. The zero-order chi connectivity index (χ0) is 14.1. The van der Waals surface area contributed by atoms with Crippen LogP contribution in [0.2, 0.25) is 0 Å². The summed E-state index contributed by atoms with van der Waals surface area (Å²) in [7, 11) is 0. The topological polar surface area (TPSA) is 74.0 Å². The Morgan fingerprint density at radius 2 is 2.00 bits per heavy atom. The van der Waals surface area contributed by atoms with Crippen molar-refractivity contribution < 1.29 is 31.9 Å². The summed E-state index contributed by atoms with van der Waals surface area (Å²) in [6, 6.07) is 0.944. The van der Waals surface area contributed by atoms with Gasteiger partial charge < -0.3 is 5.11 Å². The molecule has 1 rings (SSSR count). The van der Waals surface area contributed by atoms with Gasteiger partial charge in [0, 0.05) is 6.20 Å². The molecule has 0 atom stereocenters. The lowest BCUT2D eigenvalue weighted by molar-refractivity contribution is -0.138. The maximum Gasteiger partial charge on any atom is 0.420 e. The Balaban J connectivity index is 3.75. The molecule has 0 saturated carbocycles. The van der Waals surface area contributed by atoms with E-state index in [0.29, 0.717) is 0 Å². The highest BCUT2D eigenvalue weighted by atomic mass is 19.4. The second-order valence-corrected chi connectivity index (χ2v) is 3.03. The van der Waals surface area contributed by atoms with Crippen molar-refractivity contribution in [1.29, 1.82) is 5.26 Å². The highest BCUT2D eigenvalue weighted by molar-refractivity contribution is 5.88. The fraction of sp³-hybridized carbons (Fsp3) is 0.222. The van der Waals surface area contributed by atoms with Gasteiger partial charge in [-0.1, -0.05) is 0 Å². The fourth-order valence-electron chi connectivity index (χ4n) is 1.25. The summed E-state index contributed by atoms with van der Waals surface area (Å²) in [6.07, 6.45) is -8.38. The van der Waals surface area contributed by atoms with E-state index in [-0.39, 0.29) is 6.20 Å². The third-order valence-corrected chi connectivity index (χ3v) is 1.94. The molecule has 0 amide bonds. The van der Waals surface area contributed by atoms with Gasteiger partial charge in [0.2, 0.25) is 0 Å². The number of pyridine rings is 1. The number of rotatable bonds is 2. The molecule has 0 aliphatic heterocycles. The molecule has 0 unspecified atom stereocenters. The molecule has 9 heteroatoms. The number of halogens is 5. The van der Waals surface area contributed by atoms with Crippen molar-refractivity contribution in [1.82, 2.24) is 4.98 Å². The molecule has 0 aliphatic carbocycles. The van der Waals surface area contributed by atoms with E-state index in [1.807, 2.05) is 0 Å². The van der Waals surface area contributed by atoms with Gasteiger partial charge in [0.1, 0.15) is 11.6 Å². The number of carboxylic acids is 1. The Morgan fingerprint density at radius 1 is 1.44 bits per heavy atom. The van der Waals surface area contributed by atoms with Crippen LogP contribution < -0.4 is 0 Å². The second kappa shape index (κ2) is 4.56. The Labute approximate surface area is 96.3 Å². The quantitative estimate of drug-likeness (QED) is 0.835. The standard InChI is InChI=1S/C9H3F5N2O2/c10-7(11)4-2-16-6(8(17)18)5(3(4)1-15)9(12,13)14/h2,7H,(H,17,18). The zero-order valence-corrected chi connectivity index (χ0v) is 8.29. The molecule has 1 aromatic rings. The van der Waals surface area contributed by atoms with Crippen molar-refractivity contribution in [3.63, 3.8) is 0 Å². The van der Waals surface area contributed by atoms with E-state index in [9.17, 15) is 26.7 Å². The van der Waals surface area contributed by atoms with Crippen molar-refractivity contribution in [2.45, 2.75) is 12.6 Å². The highest BCUT2D eigenvalue weighted by Gasteiger charge is 2.41. The SMILES string of the molecule is N#Cc1c(C(F)F)cnc(C(=O)O)c1C(F)(F)F. The number of hydrogen-bond acceptors (Lipinski definition) is 3. The van der Waals surface area contributed by atoms with Gasteiger partial charge in [-0.25, -0.2) is 18.6 Å². The lowest BCUT2D eigenvalue weighted by Crippen LogP contribution is -2.18. The van der Waals surface area contributed by atoms with Crippen LogP contribution in [0.15, 0.2) is 6.20 Å². The summed E-state index contributed by atoms with van der Waals surface area (Å²) >= 11 is 0. The Kier molecular flexibility index (Phi) is 3.50. The van der Waals surface area contributed by atoms with Crippen molar-refractivity contribution >= 4 is 5.97 Å². The summed E-state index contributed by atoms with van der Waals surface area (Å²) < 4.78 is 62.6. The van der Waals surface area contributed by atoms with E-state index in [4.69, 9.17) is 10.4 Å². The number of aromatic nitrogens is 1. The molecular weight excluding hydrogens is 263 g/mol. The maximum absolute atomic E-state index is 12.6. The van der Waals surface area contributed by atoms with Gasteiger partial charge in [0.05, 0.1) is 11.1 Å². The zero-order valence-electron chi connectivity index (χ0n) is 8.29. The molecule has 0 aliphatic rings. The first kappa shape index (κ1) is 13.8. The molecule has 0 radical (unpaired) electrons. The second-order valence-electron chi connectivity index (χ2n) is 3.03. The predicted molar refractivity (Wildman–Crippen MR) is 45.9 cm³/mol. The number of aromatic carboxylic acids is 1. The smallest absolute Gasteiger partial charge is 0.420 e. The Morgan fingerprint density at radius 3 is 2.33 bits per heavy atom. The highest BCUT2D eigenvalue weighted by Crippen LogP contribution is 2.37. The van der Waals surface area contributed by atoms with Crippen LogP contribution >= 0.6 is 0 Å². The predicted octanol–water partition coefficient (Wildman–Crippen LogP) is 2.61. The minimum Gasteiger partial charge on any atom is -0.476 e. The third kappa shape index (κ3) is 2.37. The first-order chi connectivity index (χ1) is 8.20. The maximum atomic E-state index is 12.6. The van der Waals surface area contributed by atoms with E-state index in [1.54, 1.807) is 0 Å². The number of carbonyl (C=O) groups is 1. The summed E-state index contributed by atoms with van der Waals surface area (Å²) in [5.41, 5.74) is -6.13. The number of alkyl halides is 5. The summed E-state index contributed by atoms with van der Waals surface area (Å²) in [6.45, 7) is 0. The summed E-state index contributed by atoms with van der Waals surface area (Å²) in [5, 5.41) is 17.0. The summed E-state index contributed by atoms with van der Waals surface area (Å²) in [4.78, 5) is 13.4. The number of hydrogen-bond donors (Lipinski definition) is 1. The van der Waals surface area contributed by atoms with Gasteiger partial charge in [-0.2, -0.15) is 18.4 Å². The Hall–Kier alpha value is -2.24. The monoisotopic (exact) mass is 266 g/mol. The van der Waals surface area contributed by atoms with Crippen molar-refractivity contribution in [2.75, 3.05) is 0 Å². The van der Waals surface area contributed by atoms with Crippen LogP contribution in [0.3, 0.4) is 0 Å². The molecule has 0 fully saturated rings. The van der Waals surface area contributed by atoms with Crippen LogP contribution in [0.25, 0.3) is 0 Å². The van der Waals surface area contributed by atoms with Gasteiger partial charge >= 0.3 is 12.1 Å². The number of nitrogens with zero attached hydrogens (tertiary/aromatic N) is 2. The molecule has 0 spiro atoms. The molecule has 4 nitrogen and oxygen atoms in total. The normalized spacial score (nSPS) is 11.4. The van der Waals surface area contributed by atoms with Gasteiger partial charge in [0.25, 0.3) is 6.43 Å². The van der Waals surface area contributed by atoms with Crippen LogP contribution in [0, 0.1) is 11.3 Å². The first-order valence-electron chi connectivity index (χ1n) is 4.21. The Bertz CT molecular complexity index is 533. The molecule has 0 saturated heterocycles. The van der Waals surface area contributed by atoms with Crippen LogP contribution in [0.4, 0.5) is 22.0 Å². The van der Waals surface area contributed by atoms with Crippen LogP contribution in [-0.4, -0.2) is 16.1 Å². The molecule has 1 aromatic heterocycles. The minimum absolute atomic E-state index is 0.252. The molecule has 0 bridgehead atoms.